The summed E-state index contributed by atoms with van der Waals surface area (Å²) in [5.41, 5.74) is 2.52. The summed E-state index contributed by atoms with van der Waals surface area (Å²) < 4.78 is 6.11. The fraction of sp³-hybridized carbons (Fsp3) is 0.296. The van der Waals surface area contributed by atoms with Gasteiger partial charge in [0.15, 0.2) is 0 Å². The minimum atomic E-state index is 0.238. The van der Waals surface area contributed by atoms with Crippen molar-refractivity contribution in [1.29, 1.82) is 5.26 Å². The Morgan fingerprint density at radius 3 is 2.21 bits per heavy atom. The Bertz CT molecular complexity index is 1050. The van der Waals surface area contributed by atoms with E-state index in [1.165, 1.54) is 25.7 Å². The van der Waals surface area contributed by atoms with Gasteiger partial charge in [0.1, 0.15) is 5.75 Å². The molecule has 0 bridgehead atoms. The molecule has 0 aromatic heterocycles. The van der Waals surface area contributed by atoms with Crippen LogP contribution in [-0.4, -0.2) is 6.10 Å². The smallest absolute Gasteiger partial charge is 0.120 e. The standard InChI is InChI=1S/C27H27NO/c1-3-4-5-6-7-21(2)29-27-17-16-25-18-23(14-15-26(25)19-27)11-8-22-9-12-24(20-28)13-10-22/h9-10,12-19,21H,3-7H2,1-2H3/t21-/m0/s1. The summed E-state index contributed by atoms with van der Waals surface area (Å²) in [6, 6.07) is 21.9. The van der Waals surface area contributed by atoms with Crippen LogP contribution in [0.2, 0.25) is 0 Å². The molecule has 2 nitrogen and oxygen atoms in total. The number of rotatable bonds is 7. The minimum absolute atomic E-state index is 0.238. The molecule has 0 saturated heterocycles. The van der Waals surface area contributed by atoms with Gasteiger partial charge in [0.25, 0.3) is 0 Å². The fourth-order valence-corrected chi connectivity index (χ4v) is 3.30. The van der Waals surface area contributed by atoms with Crippen LogP contribution in [-0.2, 0) is 0 Å². The van der Waals surface area contributed by atoms with Crippen LogP contribution < -0.4 is 4.74 Å². The third kappa shape index (κ3) is 6.13. The maximum atomic E-state index is 8.87. The van der Waals surface area contributed by atoms with Crippen molar-refractivity contribution >= 4 is 10.8 Å². The van der Waals surface area contributed by atoms with Gasteiger partial charge in [-0.25, -0.2) is 0 Å². The maximum Gasteiger partial charge on any atom is 0.120 e. The molecule has 0 aliphatic heterocycles. The van der Waals surface area contributed by atoms with Crippen LogP contribution in [0.1, 0.15) is 62.6 Å². The molecule has 0 unspecified atom stereocenters. The van der Waals surface area contributed by atoms with Crippen LogP contribution in [0.3, 0.4) is 0 Å². The number of hydrogen-bond donors (Lipinski definition) is 0. The SMILES string of the molecule is CCCCCC[C@H](C)Oc1ccc2cc(C#Cc3ccc(C#N)cc3)ccc2c1. The highest BCUT2D eigenvalue weighted by atomic mass is 16.5. The van der Waals surface area contributed by atoms with Crippen molar-refractivity contribution in [2.75, 3.05) is 0 Å². The second kappa shape index (κ2) is 10.4. The Labute approximate surface area is 174 Å². The van der Waals surface area contributed by atoms with E-state index in [1.807, 2.05) is 24.3 Å². The van der Waals surface area contributed by atoms with Gasteiger partial charge in [0, 0.05) is 11.1 Å². The molecule has 0 amide bonds. The van der Waals surface area contributed by atoms with Crippen molar-refractivity contribution in [3.05, 3.63) is 77.4 Å². The molecule has 3 aromatic rings. The zero-order valence-corrected chi connectivity index (χ0v) is 17.2. The van der Waals surface area contributed by atoms with E-state index < -0.39 is 0 Å². The third-order valence-electron chi connectivity index (χ3n) is 4.98. The van der Waals surface area contributed by atoms with Gasteiger partial charge in [-0.05, 0) is 79.1 Å². The lowest BCUT2D eigenvalue weighted by Crippen LogP contribution is -2.11. The van der Waals surface area contributed by atoms with Gasteiger partial charge in [-0.1, -0.05) is 50.2 Å². The Balaban J connectivity index is 1.66. The first-order valence-corrected chi connectivity index (χ1v) is 10.4. The second-order valence-corrected chi connectivity index (χ2v) is 7.44. The first kappa shape index (κ1) is 20.5. The molecule has 0 heterocycles. The van der Waals surface area contributed by atoms with Gasteiger partial charge >= 0.3 is 0 Å². The predicted octanol–water partition coefficient (Wildman–Crippen LogP) is 6.85. The molecule has 0 fully saturated rings. The molecule has 29 heavy (non-hydrogen) atoms. The van der Waals surface area contributed by atoms with E-state index in [-0.39, 0.29) is 6.10 Å². The number of fused-ring (bicyclic) bond motifs is 1. The van der Waals surface area contributed by atoms with Gasteiger partial charge < -0.3 is 4.74 Å². The topological polar surface area (TPSA) is 33.0 Å². The lowest BCUT2D eigenvalue weighted by atomic mass is 10.1. The van der Waals surface area contributed by atoms with Gasteiger partial charge in [0.05, 0.1) is 17.7 Å². The maximum absolute atomic E-state index is 8.87. The second-order valence-electron chi connectivity index (χ2n) is 7.44. The lowest BCUT2D eigenvalue weighted by molar-refractivity contribution is 0.206. The number of benzene rings is 3. The van der Waals surface area contributed by atoms with Gasteiger partial charge in [0.2, 0.25) is 0 Å². The first-order chi connectivity index (χ1) is 14.2. The van der Waals surface area contributed by atoms with Crippen LogP contribution in [0, 0.1) is 23.2 Å². The Morgan fingerprint density at radius 1 is 0.793 bits per heavy atom. The monoisotopic (exact) mass is 381 g/mol. The van der Waals surface area contributed by atoms with Crippen LogP contribution in [0.5, 0.6) is 5.75 Å². The molecular weight excluding hydrogens is 354 g/mol. The molecule has 0 saturated carbocycles. The molecule has 0 aliphatic rings. The highest BCUT2D eigenvalue weighted by Gasteiger charge is 2.05. The summed E-state index contributed by atoms with van der Waals surface area (Å²) in [7, 11) is 0. The predicted molar refractivity (Wildman–Crippen MR) is 120 cm³/mol. The molecule has 146 valence electrons. The Kier molecular flexibility index (Phi) is 7.32. The van der Waals surface area contributed by atoms with Crippen LogP contribution in [0.15, 0.2) is 60.7 Å². The Hall–Kier alpha value is -3.23. The van der Waals surface area contributed by atoms with E-state index in [4.69, 9.17) is 10.00 Å². The van der Waals surface area contributed by atoms with E-state index in [0.717, 1.165) is 34.1 Å². The number of nitrogens with zero attached hydrogens (tertiary/aromatic N) is 1. The normalized spacial score (nSPS) is 11.3. The number of unbranched alkanes of at least 4 members (excludes halogenated alkanes) is 3. The largest absolute Gasteiger partial charge is 0.491 e. The first-order valence-electron chi connectivity index (χ1n) is 10.4. The third-order valence-corrected chi connectivity index (χ3v) is 4.98. The zero-order valence-electron chi connectivity index (χ0n) is 17.2. The van der Waals surface area contributed by atoms with Crippen molar-refractivity contribution in [3.8, 4) is 23.7 Å². The van der Waals surface area contributed by atoms with Gasteiger partial charge in [-0.15, -0.1) is 0 Å². The summed E-state index contributed by atoms with van der Waals surface area (Å²) in [6.45, 7) is 4.39. The van der Waals surface area contributed by atoms with E-state index in [1.54, 1.807) is 12.1 Å². The molecule has 3 aromatic carbocycles. The van der Waals surface area contributed by atoms with Gasteiger partial charge in [-0.3, -0.25) is 0 Å². The van der Waals surface area contributed by atoms with E-state index in [0.29, 0.717) is 5.56 Å². The molecule has 0 aliphatic carbocycles. The van der Waals surface area contributed by atoms with Crippen molar-refractivity contribution in [1.82, 2.24) is 0 Å². The average molecular weight is 382 g/mol. The van der Waals surface area contributed by atoms with Crippen molar-refractivity contribution in [2.45, 2.75) is 52.1 Å². The number of hydrogen-bond acceptors (Lipinski definition) is 2. The van der Waals surface area contributed by atoms with Gasteiger partial charge in [-0.2, -0.15) is 5.26 Å². The van der Waals surface area contributed by atoms with Crippen LogP contribution in [0.25, 0.3) is 10.8 Å². The molecule has 3 rings (SSSR count). The lowest BCUT2D eigenvalue weighted by Gasteiger charge is -2.15. The van der Waals surface area contributed by atoms with E-state index in [9.17, 15) is 0 Å². The number of nitriles is 1. The summed E-state index contributed by atoms with van der Waals surface area (Å²) in [4.78, 5) is 0. The number of ether oxygens (including phenoxy) is 1. The molecule has 0 radical (unpaired) electrons. The summed E-state index contributed by atoms with van der Waals surface area (Å²) in [5, 5.41) is 11.2. The molecule has 0 spiro atoms. The summed E-state index contributed by atoms with van der Waals surface area (Å²) in [6.07, 6.45) is 6.42. The minimum Gasteiger partial charge on any atom is -0.491 e. The molecule has 0 N–H and O–H groups in total. The van der Waals surface area contributed by atoms with Crippen molar-refractivity contribution < 1.29 is 4.74 Å². The van der Waals surface area contributed by atoms with Crippen molar-refractivity contribution in [3.63, 3.8) is 0 Å². The zero-order chi connectivity index (χ0) is 20.5. The molecule has 2 heteroatoms. The fourth-order valence-electron chi connectivity index (χ4n) is 3.30. The van der Waals surface area contributed by atoms with Crippen LogP contribution >= 0.6 is 0 Å². The molecule has 1 atom stereocenters. The quantitative estimate of drug-likeness (QED) is 0.331. The highest BCUT2D eigenvalue weighted by molar-refractivity contribution is 5.85. The van der Waals surface area contributed by atoms with E-state index >= 15 is 0 Å². The summed E-state index contributed by atoms with van der Waals surface area (Å²) >= 11 is 0. The summed E-state index contributed by atoms with van der Waals surface area (Å²) in [5.74, 6) is 7.29. The van der Waals surface area contributed by atoms with Crippen LogP contribution in [0.4, 0.5) is 0 Å². The Morgan fingerprint density at radius 2 is 1.45 bits per heavy atom. The molecular formula is C27H27NO. The van der Waals surface area contributed by atoms with E-state index in [2.05, 4.69) is 56.0 Å². The average Bonchev–Trinajstić information content (AvgIpc) is 2.75. The highest BCUT2D eigenvalue weighted by Crippen LogP contribution is 2.23. The van der Waals surface area contributed by atoms with Crippen molar-refractivity contribution in [2.24, 2.45) is 0 Å².